The lowest BCUT2D eigenvalue weighted by Crippen LogP contribution is -2.21. The summed E-state index contributed by atoms with van der Waals surface area (Å²) in [4.78, 5) is 25.8. The van der Waals surface area contributed by atoms with Crippen LogP contribution in [0, 0.1) is 11.6 Å². The number of aliphatic hydroxyl groups excluding tert-OH is 1. The zero-order valence-electron chi connectivity index (χ0n) is 15.7. The highest BCUT2D eigenvalue weighted by Crippen LogP contribution is 2.29. The Morgan fingerprint density at radius 2 is 1.90 bits per heavy atom. The molecule has 0 aliphatic carbocycles. The molecule has 1 aromatic heterocycles. The van der Waals surface area contributed by atoms with Gasteiger partial charge < -0.3 is 25.4 Å². The number of carboxylic acids is 1. The molecule has 1 heterocycles. The molecule has 0 aliphatic heterocycles. The first-order valence-corrected chi connectivity index (χ1v) is 8.72. The number of carbonyl (C=O) groups is 1. The number of carboxylic acid groups (broad SMARTS) is 1. The molecule has 4 N–H and O–H groups in total. The molecular formula is C20H19F2N3O4. The fourth-order valence-electron chi connectivity index (χ4n) is 3.12. The third-order valence-electron chi connectivity index (χ3n) is 4.82. The van der Waals surface area contributed by atoms with Crippen molar-refractivity contribution in [1.29, 1.82) is 0 Å². The van der Waals surface area contributed by atoms with E-state index in [-0.39, 0.29) is 33.5 Å². The highest BCUT2D eigenvalue weighted by molar-refractivity contribution is 5.94. The van der Waals surface area contributed by atoms with E-state index in [0.717, 1.165) is 18.3 Å². The van der Waals surface area contributed by atoms with Gasteiger partial charge in [-0.2, -0.15) is 0 Å². The maximum atomic E-state index is 14.6. The van der Waals surface area contributed by atoms with Crippen molar-refractivity contribution < 1.29 is 23.8 Å². The standard InChI is InChI=1S/C20H19F2N3O4/c1-3-24(2)18-7-17-11(5-14(18)22)19(27)12(20(28)29)8-25(17)16-6-15(23)13(21)4-10(16)9-26/h4-8,26H,3,9,23H2,1-2H3,(H,28,29). The van der Waals surface area contributed by atoms with Crippen LogP contribution < -0.4 is 16.1 Å². The molecule has 152 valence electrons. The molecule has 0 unspecified atom stereocenters. The Kier molecular flexibility index (Phi) is 5.25. The number of nitrogen functional groups attached to an aromatic ring is 1. The Labute approximate surface area is 164 Å². The van der Waals surface area contributed by atoms with Crippen molar-refractivity contribution in [3.63, 3.8) is 0 Å². The number of aromatic nitrogens is 1. The summed E-state index contributed by atoms with van der Waals surface area (Å²) in [5, 5.41) is 18.9. The number of benzene rings is 2. The average molecular weight is 403 g/mol. The SMILES string of the molecule is CCN(C)c1cc2c(cc1F)c(=O)c(C(=O)O)cn2-c1cc(N)c(F)cc1CO. The number of pyridine rings is 1. The van der Waals surface area contributed by atoms with Crippen LogP contribution in [0.5, 0.6) is 0 Å². The van der Waals surface area contributed by atoms with E-state index in [1.807, 2.05) is 6.92 Å². The minimum absolute atomic E-state index is 0.118. The number of anilines is 2. The monoisotopic (exact) mass is 403 g/mol. The molecule has 0 aliphatic rings. The average Bonchev–Trinajstić information content (AvgIpc) is 2.69. The number of fused-ring (bicyclic) bond motifs is 1. The Bertz CT molecular complexity index is 1190. The van der Waals surface area contributed by atoms with Gasteiger partial charge in [-0.05, 0) is 31.2 Å². The molecule has 0 atom stereocenters. The van der Waals surface area contributed by atoms with Gasteiger partial charge in [0.05, 0.1) is 29.2 Å². The van der Waals surface area contributed by atoms with Crippen molar-refractivity contribution in [3.8, 4) is 5.69 Å². The maximum Gasteiger partial charge on any atom is 0.341 e. The number of aromatic carboxylic acids is 1. The predicted molar refractivity (Wildman–Crippen MR) is 106 cm³/mol. The van der Waals surface area contributed by atoms with Crippen molar-refractivity contribution in [2.24, 2.45) is 0 Å². The summed E-state index contributed by atoms with van der Waals surface area (Å²) in [5.74, 6) is -2.94. The minimum Gasteiger partial charge on any atom is -0.477 e. The minimum atomic E-state index is -1.50. The van der Waals surface area contributed by atoms with Crippen molar-refractivity contribution in [2.45, 2.75) is 13.5 Å². The van der Waals surface area contributed by atoms with Gasteiger partial charge >= 0.3 is 5.97 Å². The van der Waals surface area contributed by atoms with Gasteiger partial charge in [-0.25, -0.2) is 13.6 Å². The second-order valence-electron chi connectivity index (χ2n) is 6.54. The van der Waals surface area contributed by atoms with Crippen LogP contribution in [0.2, 0.25) is 0 Å². The maximum absolute atomic E-state index is 14.6. The quantitative estimate of drug-likeness (QED) is 0.565. The van der Waals surface area contributed by atoms with Crippen LogP contribution in [-0.4, -0.2) is 34.3 Å². The number of hydrogen-bond acceptors (Lipinski definition) is 5. The van der Waals surface area contributed by atoms with Crippen LogP contribution in [0.4, 0.5) is 20.2 Å². The Hall–Kier alpha value is -3.46. The van der Waals surface area contributed by atoms with Crippen LogP contribution >= 0.6 is 0 Å². The van der Waals surface area contributed by atoms with Crippen LogP contribution in [0.1, 0.15) is 22.8 Å². The number of halogens is 2. The number of hydrogen-bond donors (Lipinski definition) is 3. The van der Waals surface area contributed by atoms with Crippen molar-refractivity contribution in [3.05, 3.63) is 63.4 Å². The molecule has 7 nitrogen and oxygen atoms in total. The first-order chi connectivity index (χ1) is 13.7. The van der Waals surface area contributed by atoms with Crippen molar-refractivity contribution in [1.82, 2.24) is 4.57 Å². The second-order valence-corrected chi connectivity index (χ2v) is 6.54. The molecule has 2 aromatic carbocycles. The third-order valence-corrected chi connectivity index (χ3v) is 4.82. The number of nitrogens with zero attached hydrogens (tertiary/aromatic N) is 2. The summed E-state index contributed by atoms with van der Waals surface area (Å²) in [6.45, 7) is 1.73. The van der Waals surface area contributed by atoms with E-state index < -0.39 is 35.2 Å². The zero-order valence-corrected chi connectivity index (χ0v) is 15.7. The molecule has 0 amide bonds. The van der Waals surface area contributed by atoms with E-state index >= 15 is 0 Å². The number of aliphatic hydroxyl groups is 1. The van der Waals surface area contributed by atoms with E-state index in [9.17, 15) is 28.6 Å². The van der Waals surface area contributed by atoms with Gasteiger partial charge in [-0.3, -0.25) is 4.79 Å². The molecule has 0 radical (unpaired) electrons. The van der Waals surface area contributed by atoms with Crippen LogP contribution in [0.3, 0.4) is 0 Å². The molecule has 3 aromatic rings. The van der Waals surface area contributed by atoms with Crippen molar-refractivity contribution in [2.75, 3.05) is 24.2 Å². The van der Waals surface area contributed by atoms with Crippen LogP contribution in [0.15, 0.2) is 35.3 Å². The van der Waals surface area contributed by atoms with E-state index in [2.05, 4.69) is 0 Å². The van der Waals surface area contributed by atoms with Crippen LogP contribution in [0.25, 0.3) is 16.6 Å². The summed E-state index contributed by atoms with van der Waals surface area (Å²) in [6.07, 6.45) is 1.06. The highest BCUT2D eigenvalue weighted by Gasteiger charge is 2.20. The number of nitrogens with two attached hydrogens (primary N) is 1. The molecule has 0 spiro atoms. The fraction of sp³-hybridized carbons (Fsp3) is 0.200. The molecular weight excluding hydrogens is 384 g/mol. The van der Waals surface area contributed by atoms with Gasteiger partial charge in [0.2, 0.25) is 5.43 Å². The predicted octanol–water partition coefficient (Wildman–Crippen LogP) is 2.50. The Balaban J connectivity index is 2.51. The van der Waals surface area contributed by atoms with Gasteiger partial charge in [0.1, 0.15) is 17.2 Å². The zero-order chi connectivity index (χ0) is 21.5. The molecule has 0 fully saturated rings. The van der Waals surface area contributed by atoms with E-state index in [0.29, 0.717) is 6.54 Å². The first kappa shape index (κ1) is 20.3. The lowest BCUT2D eigenvalue weighted by molar-refractivity contribution is 0.0695. The van der Waals surface area contributed by atoms with Gasteiger partial charge in [-0.15, -0.1) is 0 Å². The van der Waals surface area contributed by atoms with Gasteiger partial charge in [0.25, 0.3) is 0 Å². The summed E-state index contributed by atoms with van der Waals surface area (Å²) < 4.78 is 29.8. The van der Waals surface area contributed by atoms with Crippen LogP contribution in [-0.2, 0) is 6.61 Å². The molecule has 0 bridgehead atoms. The molecule has 29 heavy (non-hydrogen) atoms. The smallest absolute Gasteiger partial charge is 0.341 e. The van der Waals surface area contributed by atoms with Gasteiger partial charge in [-0.1, -0.05) is 0 Å². The van der Waals surface area contributed by atoms with Gasteiger partial charge in [0, 0.05) is 30.7 Å². The van der Waals surface area contributed by atoms with Crippen molar-refractivity contribution >= 4 is 28.2 Å². The molecule has 0 saturated carbocycles. The highest BCUT2D eigenvalue weighted by atomic mass is 19.1. The van der Waals surface area contributed by atoms with Gasteiger partial charge in [0.15, 0.2) is 0 Å². The number of rotatable bonds is 5. The Morgan fingerprint density at radius 3 is 2.48 bits per heavy atom. The fourth-order valence-corrected chi connectivity index (χ4v) is 3.12. The van der Waals surface area contributed by atoms with E-state index in [1.54, 1.807) is 11.9 Å². The lowest BCUT2D eigenvalue weighted by Gasteiger charge is -2.21. The summed E-state index contributed by atoms with van der Waals surface area (Å²) in [6, 6.07) is 4.64. The second kappa shape index (κ2) is 7.51. The molecule has 3 rings (SSSR count). The Morgan fingerprint density at radius 1 is 1.21 bits per heavy atom. The summed E-state index contributed by atoms with van der Waals surface area (Å²) >= 11 is 0. The summed E-state index contributed by atoms with van der Waals surface area (Å²) in [7, 11) is 1.66. The molecule has 9 heteroatoms. The summed E-state index contributed by atoms with van der Waals surface area (Å²) in [5.41, 5.74) is 4.66. The molecule has 0 saturated heterocycles. The van der Waals surface area contributed by atoms with E-state index in [1.165, 1.54) is 16.7 Å². The normalized spacial score (nSPS) is 11.1. The topological polar surface area (TPSA) is 109 Å². The third kappa shape index (κ3) is 3.40. The lowest BCUT2D eigenvalue weighted by atomic mass is 10.1. The van der Waals surface area contributed by atoms with E-state index in [4.69, 9.17) is 5.73 Å². The largest absolute Gasteiger partial charge is 0.477 e. The first-order valence-electron chi connectivity index (χ1n) is 8.72.